The summed E-state index contributed by atoms with van der Waals surface area (Å²) >= 11 is 0. The quantitative estimate of drug-likeness (QED) is 0.272. The number of hydrogen-bond donors (Lipinski definition) is 2. The molecule has 0 amide bonds. The van der Waals surface area contributed by atoms with Crippen molar-refractivity contribution < 1.29 is 14.9 Å². The Bertz CT molecular complexity index is 791. The summed E-state index contributed by atoms with van der Waals surface area (Å²) in [5, 5.41) is 19.5. The lowest BCUT2D eigenvalue weighted by Crippen LogP contribution is -1.89. The standard InChI is InChI=1S/C27H40O3/c1-20(2)10-7-11-21(3)12-8-13-22(4)14-9-15-23(5)16-17-24-18-25(28)27(29)26(19-24)30-6/h10,12,14,16,18-19,28-29H,7-9,11,13,15,17H2,1-6H3/b21-12+,22-14+,23-16-. The zero-order valence-corrected chi connectivity index (χ0v) is 19.7. The first-order valence-corrected chi connectivity index (χ1v) is 10.9. The monoisotopic (exact) mass is 412 g/mol. The van der Waals surface area contributed by atoms with Crippen LogP contribution in [0, 0.1) is 0 Å². The zero-order valence-electron chi connectivity index (χ0n) is 19.7. The number of aromatic hydroxyl groups is 2. The summed E-state index contributed by atoms with van der Waals surface area (Å²) in [4.78, 5) is 0. The second-order valence-electron chi connectivity index (χ2n) is 8.42. The molecule has 166 valence electrons. The highest BCUT2D eigenvalue weighted by Gasteiger charge is 2.08. The Morgan fingerprint density at radius 1 is 0.767 bits per heavy atom. The van der Waals surface area contributed by atoms with Crippen LogP contribution in [0.3, 0.4) is 0 Å². The van der Waals surface area contributed by atoms with Crippen molar-refractivity contribution in [3.8, 4) is 17.2 Å². The second-order valence-corrected chi connectivity index (χ2v) is 8.42. The summed E-state index contributed by atoms with van der Waals surface area (Å²) in [7, 11) is 1.48. The van der Waals surface area contributed by atoms with Crippen LogP contribution in [-0.4, -0.2) is 17.3 Å². The second kappa shape index (κ2) is 13.7. The van der Waals surface area contributed by atoms with Crippen LogP contribution in [0.1, 0.15) is 78.7 Å². The highest BCUT2D eigenvalue weighted by Crippen LogP contribution is 2.36. The van der Waals surface area contributed by atoms with Crippen molar-refractivity contribution in [3.05, 3.63) is 64.3 Å². The Kier molecular flexibility index (Phi) is 11.7. The number of methoxy groups -OCH3 is 1. The first kappa shape index (κ1) is 25.6. The summed E-state index contributed by atoms with van der Waals surface area (Å²) in [6.07, 6.45) is 16.5. The van der Waals surface area contributed by atoms with E-state index in [9.17, 15) is 10.2 Å². The Balaban J connectivity index is 2.41. The summed E-state index contributed by atoms with van der Waals surface area (Å²) in [5.74, 6) is -0.0495. The Labute approximate surface area is 183 Å². The van der Waals surface area contributed by atoms with E-state index < -0.39 is 0 Å². The first-order chi connectivity index (χ1) is 14.2. The SMILES string of the molecule is COc1cc(C/C=C(/C)CC/C=C(\C)CC/C=C(\C)CCC=C(C)C)cc(O)c1O. The number of hydrogen-bond acceptors (Lipinski definition) is 3. The Hall–Kier alpha value is -2.42. The van der Waals surface area contributed by atoms with Gasteiger partial charge in [-0.3, -0.25) is 0 Å². The maximum absolute atomic E-state index is 9.78. The molecule has 0 aliphatic heterocycles. The predicted molar refractivity (Wildman–Crippen MR) is 128 cm³/mol. The molecule has 0 saturated heterocycles. The summed E-state index contributed by atoms with van der Waals surface area (Å²) in [6.45, 7) is 10.9. The van der Waals surface area contributed by atoms with E-state index in [-0.39, 0.29) is 11.5 Å². The zero-order chi connectivity index (χ0) is 22.5. The summed E-state index contributed by atoms with van der Waals surface area (Å²) < 4.78 is 5.09. The minimum atomic E-state index is -0.208. The fourth-order valence-corrected chi connectivity index (χ4v) is 3.20. The van der Waals surface area contributed by atoms with Crippen molar-refractivity contribution in [3.63, 3.8) is 0 Å². The van der Waals surface area contributed by atoms with E-state index in [4.69, 9.17) is 4.74 Å². The van der Waals surface area contributed by atoms with Crippen molar-refractivity contribution in [2.75, 3.05) is 7.11 Å². The Morgan fingerprint density at radius 3 is 1.77 bits per heavy atom. The molecule has 1 aromatic carbocycles. The molecular weight excluding hydrogens is 372 g/mol. The summed E-state index contributed by atoms with van der Waals surface area (Å²) in [6, 6.07) is 3.35. The fraction of sp³-hybridized carbons (Fsp3) is 0.481. The van der Waals surface area contributed by atoms with E-state index in [2.05, 4.69) is 58.9 Å². The van der Waals surface area contributed by atoms with E-state index in [1.165, 1.54) is 29.4 Å². The van der Waals surface area contributed by atoms with Gasteiger partial charge in [0.25, 0.3) is 0 Å². The minimum Gasteiger partial charge on any atom is -0.504 e. The van der Waals surface area contributed by atoms with Crippen LogP contribution in [0.25, 0.3) is 0 Å². The van der Waals surface area contributed by atoms with E-state index in [0.29, 0.717) is 12.2 Å². The molecule has 0 aliphatic carbocycles. The maximum atomic E-state index is 9.78. The predicted octanol–water partition coefficient (Wildman–Crippen LogP) is 7.79. The minimum absolute atomic E-state index is 0.143. The molecule has 2 N–H and O–H groups in total. The van der Waals surface area contributed by atoms with E-state index in [0.717, 1.165) is 44.1 Å². The molecule has 0 saturated carbocycles. The van der Waals surface area contributed by atoms with Crippen molar-refractivity contribution in [1.29, 1.82) is 0 Å². The fourth-order valence-electron chi connectivity index (χ4n) is 3.20. The van der Waals surface area contributed by atoms with Crippen molar-refractivity contribution in [2.24, 2.45) is 0 Å². The van der Waals surface area contributed by atoms with Gasteiger partial charge >= 0.3 is 0 Å². The number of phenolic OH excluding ortho intramolecular Hbond substituents is 2. The van der Waals surface area contributed by atoms with Gasteiger partial charge in [0.1, 0.15) is 0 Å². The molecule has 3 nitrogen and oxygen atoms in total. The van der Waals surface area contributed by atoms with Crippen molar-refractivity contribution in [1.82, 2.24) is 0 Å². The van der Waals surface area contributed by atoms with Crippen LogP contribution < -0.4 is 4.74 Å². The molecule has 0 bridgehead atoms. The van der Waals surface area contributed by atoms with Crippen molar-refractivity contribution >= 4 is 0 Å². The lowest BCUT2D eigenvalue weighted by Gasteiger charge is -2.08. The van der Waals surface area contributed by atoms with E-state index in [1.54, 1.807) is 12.1 Å². The molecule has 0 aromatic heterocycles. The van der Waals surface area contributed by atoms with Crippen LogP contribution >= 0.6 is 0 Å². The van der Waals surface area contributed by atoms with E-state index in [1.807, 2.05) is 0 Å². The molecule has 0 unspecified atom stereocenters. The van der Waals surface area contributed by atoms with Crippen LogP contribution in [0.2, 0.25) is 0 Å². The number of ether oxygens (including phenoxy) is 1. The van der Waals surface area contributed by atoms with Crippen LogP contribution in [0.15, 0.2) is 58.7 Å². The molecule has 1 aromatic rings. The molecule has 0 heterocycles. The van der Waals surface area contributed by atoms with Gasteiger partial charge in [-0.15, -0.1) is 0 Å². The van der Waals surface area contributed by atoms with Gasteiger partial charge < -0.3 is 14.9 Å². The average Bonchev–Trinajstić information content (AvgIpc) is 2.68. The molecule has 3 heteroatoms. The number of rotatable bonds is 12. The topological polar surface area (TPSA) is 49.7 Å². The molecule has 0 spiro atoms. The average molecular weight is 413 g/mol. The third-order valence-corrected chi connectivity index (χ3v) is 5.17. The number of allylic oxidation sites excluding steroid dienone is 8. The van der Waals surface area contributed by atoms with Crippen LogP contribution in [0.5, 0.6) is 17.2 Å². The van der Waals surface area contributed by atoms with Gasteiger partial charge in [0.05, 0.1) is 7.11 Å². The first-order valence-electron chi connectivity index (χ1n) is 10.9. The number of benzene rings is 1. The lowest BCUT2D eigenvalue weighted by molar-refractivity contribution is 0.350. The normalized spacial score (nSPS) is 12.8. The molecule has 0 aliphatic rings. The highest BCUT2D eigenvalue weighted by molar-refractivity contribution is 5.52. The maximum Gasteiger partial charge on any atom is 0.200 e. The smallest absolute Gasteiger partial charge is 0.200 e. The van der Waals surface area contributed by atoms with Crippen molar-refractivity contribution in [2.45, 2.75) is 79.6 Å². The largest absolute Gasteiger partial charge is 0.504 e. The lowest BCUT2D eigenvalue weighted by atomic mass is 10.0. The third-order valence-electron chi connectivity index (χ3n) is 5.17. The van der Waals surface area contributed by atoms with E-state index >= 15 is 0 Å². The molecule has 0 radical (unpaired) electrons. The molecule has 1 rings (SSSR count). The highest BCUT2D eigenvalue weighted by atomic mass is 16.5. The summed E-state index contributed by atoms with van der Waals surface area (Å²) in [5.41, 5.74) is 6.56. The van der Waals surface area contributed by atoms with Gasteiger partial charge in [-0.25, -0.2) is 0 Å². The van der Waals surface area contributed by atoms with Crippen LogP contribution in [0.4, 0.5) is 0 Å². The van der Waals surface area contributed by atoms with Crippen LogP contribution in [-0.2, 0) is 6.42 Å². The number of phenols is 2. The van der Waals surface area contributed by atoms with Gasteiger partial charge in [0.15, 0.2) is 11.5 Å². The molecule has 0 fully saturated rings. The van der Waals surface area contributed by atoms with Gasteiger partial charge in [-0.05, 0) is 97.3 Å². The van der Waals surface area contributed by atoms with Gasteiger partial charge in [-0.1, -0.05) is 46.6 Å². The third kappa shape index (κ3) is 10.4. The van der Waals surface area contributed by atoms with Gasteiger partial charge in [0, 0.05) is 0 Å². The Morgan fingerprint density at radius 2 is 1.27 bits per heavy atom. The molecule has 30 heavy (non-hydrogen) atoms. The van der Waals surface area contributed by atoms with Gasteiger partial charge in [0.2, 0.25) is 5.75 Å². The van der Waals surface area contributed by atoms with Gasteiger partial charge in [-0.2, -0.15) is 0 Å². The molecule has 0 atom stereocenters. The molecular formula is C27H40O3.